The van der Waals surface area contributed by atoms with Gasteiger partial charge in [-0.15, -0.1) is 0 Å². The number of nitrogens with zero attached hydrogens (tertiary/aromatic N) is 2. The number of ether oxygens (including phenoxy) is 1. The Kier molecular flexibility index (Phi) is 8.02. The number of benzene rings is 2. The van der Waals surface area contributed by atoms with Crippen molar-refractivity contribution in [1.29, 1.82) is 0 Å². The summed E-state index contributed by atoms with van der Waals surface area (Å²) in [5.41, 5.74) is 8.68. The number of nitrogens with one attached hydrogen (secondary N) is 2. The van der Waals surface area contributed by atoms with Crippen molar-refractivity contribution in [2.45, 2.75) is 40.2 Å². The van der Waals surface area contributed by atoms with Gasteiger partial charge in [0.1, 0.15) is 0 Å². The molecule has 0 radical (unpaired) electrons. The maximum absolute atomic E-state index is 12.5. The molecule has 0 spiro atoms. The Hall–Kier alpha value is -3.87. The second kappa shape index (κ2) is 11.1. The van der Waals surface area contributed by atoms with E-state index in [1.165, 1.54) is 5.56 Å². The first-order chi connectivity index (χ1) is 15.9. The molecule has 2 amide bonds. The van der Waals surface area contributed by atoms with Crippen LogP contribution in [0.25, 0.3) is 5.69 Å². The molecule has 0 bridgehead atoms. The molecule has 0 aliphatic carbocycles. The van der Waals surface area contributed by atoms with Gasteiger partial charge in [0.25, 0.3) is 0 Å². The van der Waals surface area contributed by atoms with Crippen LogP contribution in [-0.4, -0.2) is 29.4 Å². The Morgan fingerprint density at radius 1 is 1.06 bits per heavy atom. The Balaban J connectivity index is 1.68. The van der Waals surface area contributed by atoms with Crippen molar-refractivity contribution >= 4 is 18.2 Å². The Labute approximate surface area is 194 Å². The predicted octanol–water partition coefficient (Wildman–Crippen LogP) is 4.73. The second-order valence-electron chi connectivity index (χ2n) is 7.82. The van der Waals surface area contributed by atoms with E-state index in [1.807, 2.05) is 50.2 Å². The number of alkyl carbamates (subject to hydrolysis) is 1. The Bertz CT molecular complexity index is 1120. The molecule has 0 unspecified atom stereocenters. The molecule has 0 aliphatic heterocycles. The number of amides is 2. The summed E-state index contributed by atoms with van der Waals surface area (Å²) in [6, 6.07) is 19.1. The third kappa shape index (κ3) is 6.32. The SMILES string of the molecule is CCOC(=O)N[C@@H](CC(=O)N/N=C\c1cc(C)n(-c2ccc(C)cc2)c1C)c1ccccc1. The van der Waals surface area contributed by atoms with Gasteiger partial charge in [0.15, 0.2) is 0 Å². The van der Waals surface area contributed by atoms with Crippen molar-refractivity contribution in [3.8, 4) is 5.69 Å². The van der Waals surface area contributed by atoms with E-state index in [9.17, 15) is 9.59 Å². The summed E-state index contributed by atoms with van der Waals surface area (Å²) < 4.78 is 7.12. The van der Waals surface area contributed by atoms with E-state index >= 15 is 0 Å². The third-order valence-corrected chi connectivity index (χ3v) is 5.31. The molecule has 0 saturated heterocycles. The lowest BCUT2D eigenvalue weighted by Crippen LogP contribution is -2.33. The first-order valence-corrected chi connectivity index (χ1v) is 10.9. The minimum Gasteiger partial charge on any atom is -0.450 e. The molecule has 7 nitrogen and oxygen atoms in total. The zero-order chi connectivity index (χ0) is 23.8. The molecule has 0 saturated carbocycles. The number of aromatic nitrogens is 1. The molecule has 0 aliphatic rings. The summed E-state index contributed by atoms with van der Waals surface area (Å²) in [5, 5.41) is 6.88. The van der Waals surface area contributed by atoms with Gasteiger partial charge in [0, 0.05) is 22.6 Å². The van der Waals surface area contributed by atoms with Gasteiger partial charge in [-0.05, 0) is 51.5 Å². The highest BCUT2D eigenvalue weighted by molar-refractivity contribution is 5.84. The molecule has 0 fully saturated rings. The lowest BCUT2D eigenvalue weighted by Gasteiger charge is -2.18. The van der Waals surface area contributed by atoms with E-state index < -0.39 is 12.1 Å². The van der Waals surface area contributed by atoms with Crippen LogP contribution in [-0.2, 0) is 9.53 Å². The number of hydrogen-bond acceptors (Lipinski definition) is 4. The Morgan fingerprint density at radius 3 is 2.42 bits per heavy atom. The van der Waals surface area contributed by atoms with Crippen molar-refractivity contribution < 1.29 is 14.3 Å². The molecule has 33 heavy (non-hydrogen) atoms. The monoisotopic (exact) mass is 446 g/mol. The zero-order valence-corrected chi connectivity index (χ0v) is 19.5. The molecule has 1 heterocycles. The summed E-state index contributed by atoms with van der Waals surface area (Å²) in [7, 11) is 0. The van der Waals surface area contributed by atoms with E-state index in [2.05, 4.69) is 51.6 Å². The highest BCUT2D eigenvalue weighted by Crippen LogP contribution is 2.20. The lowest BCUT2D eigenvalue weighted by molar-refractivity contribution is -0.121. The number of hydrogen-bond donors (Lipinski definition) is 2. The first kappa shape index (κ1) is 23.8. The normalized spacial score (nSPS) is 11.9. The van der Waals surface area contributed by atoms with Crippen LogP contribution < -0.4 is 10.7 Å². The molecule has 3 rings (SSSR count). The van der Waals surface area contributed by atoms with Crippen molar-refractivity contribution in [3.63, 3.8) is 0 Å². The average Bonchev–Trinajstić information content (AvgIpc) is 3.08. The molecular formula is C26H30N4O3. The van der Waals surface area contributed by atoms with Crippen molar-refractivity contribution in [2.24, 2.45) is 5.10 Å². The maximum atomic E-state index is 12.5. The first-order valence-electron chi connectivity index (χ1n) is 10.9. The van der Waals surface area contributed by atoms with Crippen LogP contribution in [0.2, 0.25) is 0 Å². The standard InChI is InChI=1S/C26H30N4O3/c1-5-33-26(32)28-24(21-9-7-6-8-10-21)16-25(31)29-27-17-22-15-19(3)30(20(22)4)23-13-11-18(2)12-14-23/h6-15,17,24H,5,16H2,1-4H3,(H,28,32)(H,29,31)/b27-17-/t24-/m0/s1. The molecule has 2 N–H and O–H groups in total. The minimum absolute atomic E-state index is 0.0303. The number of hydrazone groups is 1. The summed E-state index contributed by atoms with van der Waals surface area (Å²) in [6.45, 7) is 8.10. The van der Waals surface area contributed by atoms with Gasteiger partial charge >= 0.3 is 6.09 Å². The van der Waals surface area contributed by atoms with Crippen molar-refractivity contribution in [3.05, 3.63) is 88.7 Å². The molecule has 172 valence electrons. The third-order valence-electron chi connectivity index (χ3n) is 5.31. The van der Waals surface area contributed by atoms with Crippen LogP contribution >= 0.6 is 0 Å². The summed E-state index contributed by atoms with van der Waals surface area (Å²) in [6.07, 6.45) is 1.11. The molecule has 1 aromatic heterocycles. The lowest BCUT2D eigenvalue weighted by atomic mass is 10.0. The van der Waals surface area contributed by atoms with Gasteiger partial charge in [-0.2, -0.15) is 5.10 Å². The van der Waals surface area contributed by atoms with E-state index in [4.69, 9.17) is 4.74 Å². The van der Waals surface area contributed by atoms with Gasteiger partial charge < -0.3 is 14.6 Å². The fourth-order valence-corrected chi connectivity index (χ4v) is 3.67. The van der Waals surface area contributed by atoms with Gasteiger partial charge in [0.2, 0.25) is 5.91 Å². The molecule has 7 heteroatoms. The largest absolute Gasteiger partial charge is 0.450 e. The fraction of sp³-hybridized carbons (Fsp3) is 0.269. The summed E-state index contributed by atoms with van der Waals surface area (Å²) >= 11 is 0. The second-order valence-corrected chi connectivity index (χ2v) is 7.82. The molecule has 1 atom stereocenters. The number of rotatable bonds is 8. The number of aryl methyl sites for hydroxylation is 2. The minimum atomic E-state index is -0.564. The van der Waals surface area contributed by atoms with E-state index in [0.717, 1.165) is 28.2 Å². The topological polar surface area (TPSA) is 84.7 Å². The number of carbonyl (C=O) groups excluding carboxylic acids is 2. The van der Waals surface area contributed by atoms with Crippen molar-refractivity contribution in [1.82, 2.24) is 15.3 Å². The number of carbonyl (C=O) groups is 2. The van der Waals surface area contributed by atoms with Crippen LogP contribution in [0.4, 0.5) is 4.79 Å². The van der Waals surface area contributed by atoms with Crippen LogP contribution in [0.15, 0.2) is 65.8 Å². The Morgan fingerprint density at radius 2 is 1.76 bits per heavy atom. The quantitative estimate of drug-likeness (QED) is 0.387. The predicted molar refractivity (Wildman–Crippen MR) is 130 cm³/mol. The molecule has 3 aromatic rings. The van der Waals surface area contributed by atoms with Gasteiger partial charge in [-0.3, -0.25) is 4.79 Å². The van der Waals surface area contributed by atoms with E-state index in [0.29, 0.717) is 0 Å². The van der Waals surface area contributed by atoms with Gasteiger partial charge in [-0.25, -0.2) is 10.2 Å². The van der Waals surface area contributed by atoms with Crippen LogP contribution in [0.3, 0.4) is 0 Å². The van der Waals surface area contributed by atoms with Crippen molar-refractivity contribution in [2.75, 3.05) is 6.61 Å². The van der Waals surface area contributed by atoms with Crippen LogP contribution in [0.1, 0.15) is 47.5 Å². The highest BCUT2D eigenvalue weighted by atomic mass is 16.5. The van der Waals surface area contributed by atoms with Crippen LogP contribution in [0.5, 0.6) is 0 Å². The van der Waals surface area contributed by atoms with Gasteiger partial charge in [0.05, 0.1) is 25.3 Å². The highest BCUT2D eigenvalue weighted by Gasteiger charge is 2.19. The smallest absolute Gasteiger partial charge is 0.407 e. The van der Waals surface area contributed by atoms with E-state index in [1.54, 1.807) is 13.1 Å². The maximum Gasteiger partial charge on any atom is 0.407 e. The average molecular weight is 447 g/mol. The molecular weight excluding hydrogens is 416 g/mol. The molecule has 2 aromatic carbocycles. The summed E-state index contributed by atoms with van der Waals surface area (Å²) in [4.78, 5) is 24.5. The van der Waals surface area contributed by atoms with Gasteiger partial charge in [-0.1, -0.05) is 48.0 Å². The van der Waals surface area contributed by atoms with Crippen LogP contribution in [0, 0.1) is 20.8 Å². The zero-order valence-electron chi connectivity index (χ0n) is 19.5. The fourth-order valence-electron chi connectivity index (χ4n) is 3.67. The van der Waals surface area contributed by atoms with E-state index in [-0.39, 0.29) is 18.9 Å². The summed E-state index contributed by atoms with van der Waals surface area (Å²) in [5.74, 6) is -0.316.